The first-order chi connectivity index (χ1) is 0. The van der Waals surface area contributed by atoms with Crippen LogP contribution in [0, 0.1) is 0 Å². The van der Waals surface area contributed by atoms with Gasteiger partial charge in [0, 0.05) is 0 Å². The summed E-state index contributed by atoms with van der Waals surface area (Å²) in [6, 6.07) is 0. The Morgan fingerprint density at radius 2 is 0.667 bits per heavy atom. The minimum absolute atomic E-state index is 0. The van der Waals surface area contributed by atoms with Crippen LogP contribution in [-0.2, 0) is 0 Å². The molecule has 0 aliphatic carbocycles. The van der Waals surface area contributed by atoms with E-state index in [1.807, 2.05) is 0 Å². The molecule has 0 aliphatic rings. The molecule has 0 N–H and O–H groups in total. The largest absolute Gasteiger partial charge is 1.00 e. The molecule has 0 saturated heterocycles. The molecule has 0 rings (SSSR count). The van der Waals surface area contributed by atoms with E-state index in [1.54, 1.807) is 0 Å². The van der Waals surface area contributed by atoms with Crippen molar-refractivity contribution in [1.82, 2.24) is 0 Å². The van der Waals surface area contributed by atoms with Gasteiger partial charge in [-0.15, -0.1) is 0 Å². The summed E-state index contributed by atoms with van der Waals surface area (Å²) >= 11 is 0. The van der Waals surface area contributed by atoms with Crippen molar-refractivity contribution in [3.05, 3.63) is 0 Å². The Kier molecular flexibility index (Phi) is 248. The predicted octanol–water partition coefficient (Wildman–Crippen LogP) is -18.0. The van der Waals surface area contributed by atoms with Crippen molar-refractivity contribution in [2.45, 2.75) is 0 Å². The summed E-state index contributed by atoms with van der Waals surface area (Å²) in [7, 11) is 0. The first-order valence-corrected chi connectivity index (χ1v) is 0. The van der Waals surface area contributed by atoms with Crippen molar-refractivity contribution in [1.29, 1.82) is 0 Å². The fourth-order valence-corrected chi connectivity index (χ4v) is 0. The van der Waals surface area contributed by atoms with Crippen LogP contribution in [0.25, 0.3) is 0 Å². The van der Waals surface area contributed by atoms with Crippen LogP contribution in [-0.4, -0.2) is 0 Å². The minimum atomic E-state index is 0. The van der Waals surface area contributed by atoms with Gasteiger partial charge in [-0.25, -0.2) is 0 Å². The van der Waals surface area contributed by atoms with Crippen molar-refractivity contribution in [3.8, 4) is 0 Å². The Labute approximate surface area is 157 Å². The number of hydrogen-bond acceptors (Lipinski definition) is 0. The average molecular weight is 191 g/mol. The number of hydrogen-bond donors (Lipinski definition) is 0. The van der Waals surface area contributed by atoms with Crippen molar-refractivity contribution in [2.75, 3.05) is 0 Å². The van der Waals surface area contributed by atoms with Crippen molar-refractivity contribution < 1.29 is 162 Å². The summed E-state index contributed by atoms with van der Waals surface area (Å²) < 4.78 is 0. The zero-order valence-electron chi connectivity index (χ0n) is 4.13. The molecule has 0 bridgehead atoms. The smallest absolute Gasteiger partial charge is 1.00 e. The maximum Gasteiger partial charge on any atom is 1.00 e. The Morgan fingerprint density at radius 1 is 0.667 bits per heavy atom. The second-order valence-corrected chi connectivity index (χ2v) is 0. The Bertz CT molecular complexity index is 11.5. The molecule has 0 heterocycles. The maximum absolute atomic E-state index is 0. The SMILES string of the molecule is [Cl-].[Cl-].[F-].[K+].[K+].[Na+]. The van der Waals surface area contributed by atoms with Gasteiger partial charge in [-0.3, -0.25) is 0 Å². The van der Waals surface area contributed by atoms with E-state index >= 15 is 0 Å². The molecular weight excluding hydrogens is 191 g/mol. The van der Waals surface area contributed by atoms with Crippen LogP contribution in [0.1, 0.15) is 0 Å². The topological polar surface area (TPSA) is 0 Å². The van der Waals surface area contributed by atoms with Gasteiger partial charge in [0.1, 0.15) is 0 Å². The standard InChI is InChI=1S/2ClH.FH.2K.Na/h3*1H;;;/q;;;3*+1/p-3. The number of rotatable bonds is 0. The fourth-order valence-electron chi connectivity index (χ4n) is 0. The molecule has 0 atom stereocenters. The van der Waals surface area contributed by atoms with Gasteiger partial charge in [-0.1, -0.05) is 0 Å². The van der Waals surface area contributed by atoms with Crippen molar-refractivity contribution >= 4 is 0 Å². The maximum atomic E-state index is 0. The second-order valence-electron chi connectivity index (χ2n) is 0. The van der Waals surface area contributed by atoms with Gasteiger partial charge in [0.05, 0.1) is 0 Å². The summed E-state index contributed by atoms with van der Waals surface area (Å²) in [4.78, 5) is 0. The van der Waals surface area contributed by atoms with Crippen LogP contribution in [0.15, 0.2) is 0 Å². The summed E-state index contributed by atoms with van der Waals surface area (Å²) in [5.41, 5.74) is 0. The second kappa shape index (κ2) is 33.0. The fraction of sp³-hybridized carbons (Fsp3) is 0. The molecule has 0 amide bonds. The predicted molar refractivity (Wildman–Crippen MR) is 0 cm³/mol. The van der Waals surface area contributed by atoms with E-state index < -0.39 is 0 Å². The van der Waals surface area contributed by atoms with E-state index in [1.165, 1.54) is 0 Å². The monoisotopic (exact) mass is 190 g/mol. The number of halogens is 3. The van der Waals surface area contributed by atoms with E-state index in [9.17, 15) is 0 Å². The van der Waals surface area contributed by atoms with Crippen LogP contribution in [0.2, 0.25) is 0 Å². The van der Waals surface area contributed by atoms with E-state index in [2.05, 4.69) is 0 Å². The van der Waals surface area contributed by atoms with E-state index in [-0.39, 0.29) is 162 Å². The Hall–Kier alpha value is 4.78. The zero-order valence-corrected chi connectivity index (χ0v) is 13.9. The molecule has 0 aliphatic heterocycles. The normalized spacial score (nSPS) is 0. The molecule has 6 heavy (non-hydrogen) atoms. The molecule has 0 fully saturated rings. The average Bonchev–Trinajstić information content (AvgIpc) is 0. The molecule has 0 unspecified atom stereocenters. The summed E-state index contributed by atoms with van der Waals surface area (Å²) in [6.45, 7) is 0. The molecule has 0 aromatic heterocycles. The molecule has 0 aromatic rings. The van der Waals surface area contributed by atoms with Crippen LogP contribution >= 0.6 is 0 Å². The van der Waals surface area contributed by atoms with Gasteiger partial charge in [0.25, 0.3) is 0 Å². The molecular formula is Cl2FK2Na. The van der Waals surface area contributed by atoms with Crippen molar-refractivity contribution in [3.63, 3.8) is 0 Å². The third kappa shape index (κ3) is 23.3. The van der Waals surface area contributed by atoms with E-state index in [0.717, 1.165) is 0 Å². The Balaban J connectivity index is 0. The van der Waals surface area contributed by atoms with Gasteiger partial charge >= 0.3 is 132 Å². The van der Waals surface area contributed by atoms with Crippen molar-refractivity contribution in [2.24, 2.45) is 0 Å². The van der Waals surface area contributed by atoms with Gasteiger partial charge < -0.3 is 29.5 Å². The molecule has 24 valence electrons. The Morgan fingerprint density at radius 3 is 0.667 bits per heavy atom. The summed E-state index contributed by atoms with van der Waals surface area (Å²) in [6.07, 6.45) is 0. The summed E-state index contributed by atoms with van der Waals surface area (Å²) in [5.74, 6) is 0. The van der Waals surface area contributed by atoms with Crippen LogP contribution in [0.3, 0.4) is 0 Å². The molecule has 0 nitrogen and oxygen atoms in total. The molecule has 0 aromatic carbocycles. The zero-order chi connectivity index (χ0) is 0. The third-order valence-corrected chi connectivity index (χ3v) is 0. The van der Waals surface area contributed by atoms with Gasteiger partial charge in [0.15, 0.2) is 0 Å². The third-order valence-electron chi connectivity index (χ3n) is 0. The first-order valence-electron chi connectivity index (χ1n) is 0. The first kappa shape index (κ1) is 45.1. The minimum Gasteiger partial charge on any atom is -1.00 e. The molecule has 6 heteroatoms. The van der Waals surface area contributed by atoms with Crippen LogP contribution in [0.4, 0.5) is 0 Å². The van der Waals surface area contributed by atoms with Crippen LogP contribution < -0.4 is 162 Å². The molecule has 0 saturated carbocycles. The van der Waals surface area contributed by atoms with Crippen LogP contribution in [0.5, 0.6) is 0 Å². The van der Waals surface area contributed by atoms with Gasteiger partial charge in [0.2, 0.25) is 0 Å². The quantitative estimate of drug-likeness (QED) is 0.333. The van der Waals surface area contributed by atoms with E-state index in [4.69, 9.17) is 0 Å². The van der Waals surface area contributed by atoms with E-state index in [0.29, 0.717) is 0 Å². The van der Waals surface area contributed by atoms with Gasteiger partial charge in [-0.2, -0.15) is 0 Å². The molecule has 0 spiro atoms. The van der Waals surface area contributed by atoms with Gasteiger partial charge in [-0.05, 0) is 0 Å². The molecule has 0 radical (unpaired) electrons. The summed E-state index contributed by atoms with van der Waals surface area (Å²) in [5, 5.41) is 0.